The molecule has 0 aliphatic heterocycles. The van der Waals surface area contributed by atoms with Crippen molar-refractivity contribution in [3.63, 3.8) is 0 Å². The second kappa shape index (κ2) is 7.44. The van der Waals surface area contributed by atoms with Crippen LogP contribution in [0.15, 0.2) is 60.7 Å². The van der Waals surface area contributed by atoms with Crippen molar-refractivity contribution in [2.24, 2.45) is 0 Å². The number of nitrogens with one attached hydrogen (secondary N) is 1. The zero-order valence-corrected chi connectivity index (χ0v) is 15.9. The Bertz CT molecular complexity index is 1030. The average Bonchev–Trinajstić information content (AvgIpc) is 3.08. The zero-order valence-electron chi connectivity index (χ0n) is 14.4. The van der Waals surface area contributed by atoms with E-state index in [-0.39, 0.29) is 0 Å². The maximum absolute atomic E-state index is 6.00. The van der Waals surface area contributed by atoms with Crippen molar-refractivity contribution in [2.45, 2.75) is 19.8 Å². The van der Waals surface area contributed by atoms with Crippen LogP contribution in [0.25, 0.3) is 10.2 Å². The third-order valence-corrected chi connectivity index (χ3v) is 5.58. The molecule has 4 aromatic rings. The Morgan fingerprint density at radius 2 is 1.77 bits per heavy atom. The summed E-state index contributed by atoms with van der Waals surface area (Å²) in [5, 5.41) is 5.22. The fraction of sp³-hybridized carbons (Fsp3) is 0.143. The van der Waals surface area contributed by atoms with E-state index in [1.165, 1.54) is 10.4 Å². The first-order chi connectivity index (χ1) is 12.7. The molecule has 0 unspecified atom stereocenters. The van der Waals surface area contributed by atoms with Gasteiger partial charge in [-0.1, -0.05) is 48.9 Å². The number of hydrogen-bond acceptors (Lipinski definition) is 4. The van der Waals surface area contributed by atoms with Gasteiger partial charge >= 0.3 is 0 Å². The summed E-state index contributed by atoms with van der Waals surface area (Å²) in [5.74, 6) is 1.67. The van der Waals surface area contributed by atoms with Crippen molar-refractivity contribution in [2.75, 3.05) is 5.32 Å². The highest BCUT2D eigenvalue weighted by Crippen LogP contribution is 2.31. The Morgan fingerprint density at radius 3 is 2.50 bits per heavy atom. The van der Waals surface area contributed by atoms with Crippen LogP contribution in [-0.2, 0) is 12.8 Å². The Hall–Kier alpha value is -2.43. The molecule has 0 fully saturated rings. The van der Waals surface area contributed by atoms with Gasteiger partial charge in [0.2, 0.25) is 0 Å². The Balaban J connectivity index is 1.75. The third-order valence-electron chi connectivity index (χ3n) is 4.15. The summed E-state index contributed by atoms with van der Waals surface area (Å²) in [6, 6.07) is 20.2. The number of thiophene rings is 1. The smallest absolute Gasteiger partial charge is 0.142 e. The van der Waals surface area contributed by atoms with Gasteiger partial charge in [0.25, 0.3) is 0 Å². The topological polar surface area (TPSA) is 37.8 Å². The monoisotopic (exact) mass is 379 g/mol. The van der Waals surface area contributed by atoms with Crippen LogP contribution in [0, 0.1) is 0 Å². The van der Waals surface area contributed by atoms with Crippen molar-refractivity contribution < 1.29 is 0 Å². The molecule has 0 radical (unpaired) electrons. The summed E-state index contributed by atoms with van der Waals surface area (Å²) in [5.41, 5.74) is 2.17. The average molecular weight is 380 g/mol. The molecule has 0 amide bonds. The van der Waals surface area contributed by atoms with Crippen LogP contribution < -0.4 is 5.32 Å². The van der Waals surface area contributed by atoms with Crippen LogP contribution in [0.3, 0.4) is 0 Å². The van der Waals surface area contributed by atoms with Crippen LogP contribution in [-0.4, -0.2) is 9.97 Å². The molecule has 3 nitrogen and oxygen atoms in total. The van der Waals surface area contributed by atoms with Gasteiger partial charge in [0.05, 0.1) is 5.39 Å². The van der Waals surface area contributed by atoms with Crippen LogP contribution in [0.5, 0.6) is 0 Å². The highest BCUT2D eigenvalue weighted by Gasteiger charge is 2.12. The van der Waals surface area contributed by atoms with Gasteiger partial charge in [0.15, 0.2) is 0 Å². The van der Waals surface area contributed by atoms with Crippen molar-refractivity contribution in [1.29, 1.82) is 0 Å². The molecule has 0 aliphatic carbocycles. The summed E-state index contributed by atoms with van der Waals surface area (Å²) < 4.78 is 0. The lowest BCUT2D eigenvalue weighted by atomic mass is 10.1. The highest BCUT2D eigenvalue weighted by atomic mass is 35.5. The number of fused-ring (bicyclic) bond motifs is 1. The first kappa shape index (κ1) is 17.0. The molecule has 0 spiro atoms. The minimum atomic E-state index is 0.714. The van der Waals surface area contributed by atoms with Crippen LogP contribution in [0.4, 0.5) is 11.5 Å². The predicted octanol–water partition coefficient (Wildman–Crippen LogP) is 6.24. The number of halogens is 1. The van der Waals surface area contributed by atoms with Crippen LogP contribution in [0.1, 0.15) is 23.2 Å². The highest BCUT2D eigenvalue weighted by molar-refractivity contribution is 7.18. The van der Waals surface area contributed by atoms with E-state index in [9.17, 15) is 0 Å². The van der Waals surface area contributed by atoms with E-state index in [0.29, 0.717) is 6.42 Å². The van der Waals surface area contributed by atoms with E-state index in [4.69, 9.17) is 21.6 Å². The molecule has 0 aliphatic rings. The fourth-order valence-electron chi connectivity index (χ4n) is 2.81. The SMILES string of the molecule is CCc1cc2c(Nc3ccc(Cl)cc3)nc(Cc3ccccc3)nc2s1. The maximum atomic E-state index is 6.00. The minimum absolute atomic E-state index is 0.714. The molecule has 4 rings (SSSR count). The largest absolute Gasteiger partial charge is 0.340 e. The van der Waals surface area contributed by atoms with Gasteiger partial charge in [-0.15, -0.1) is 11.3 Å². The summed E-state index contributed by atoms with van der Waals surface area (Å²) in [4.78, 5) is 12.0. The van der Waals surface area contributed by atoms with Crippen molar-refractivity contribution in [3.05, 3.63) is 82.0 Å². The normalized spacial score (nSPS) is 11.0. The number of aromatic nitrogens is 2. The molecular formula is C21H18ClN3S. The fourth-order valence-corrected chi connectivity index (χ4v) is 3.92. The van der Waals surface area contributed by atoms with Crippen LogP contribution >= 0.6 is 22.9 Å². The molecule has 0 atom stereocenters. The Morgan fingerprint density at radius 1 is 1.00 bits per heavy atom. The summed E-state index contributed by atoms with van der Waals surface area (Å²) in [6.45, 7) is 2.16. The summed E-state index contributed by atoms with van der Waals surface area (Å²) in [6.07, 6.45) is 1.71. The Kier molecular flexibility index (Phi) is 4.87. The third kappa shape index (κ3) is 3.71. The number of nitrogens with zero attached hydrogens (tertiary/aromatic N) is 2. The Labute approximate surface area is 161 Å². The molecule has 130 valence electrons. The summed E-state index contributed by atoms with van der Waals surface area (Å²) in [7, 11) is 0. The van der Waals surface area contributed by atoms with Gasteiger partial charge in [-0.3, -0.25) is 0 Å². The second-order valence-electron chi connectivity index (χ2n) is 6.07. The molecule has 2 aromatic heterocycles. The molecule has 0 saturated carbocycles. The standard InChI is InChI=1S/C21H18ClN3S/c1-2-17-13-18-20(23-16-10-8-15(22)9-11-16)24-19(25-21(18)26-17)12-14-6-4-3-5-7-14/h3-11,13H,2,12H2,1H3,(H,23,24,25). The number of hydrogen-bond donors (Lipinski definition) is 1. The van der Waals surface area contributed by atoms with Gasteiger partial charge in [0, 0.05) is 22.0 Å². The lowest BCUT2D eigenvalue weighted by Crippen LogP contribution is -2.01. The molecule has 26 heavy (non-hydrogen) atoms. The van der Waals surface area contributed by atoms with E-state index >= 15 is 0 Å². The predicted molar refractivity (Wildman–Crippen MR) is 111 cm³/mol. The maximum Gasteiger partial charge on any atom is 0.142 e. The minimum Gasteiger partial charge on any atom is -0.340 e. The first-order valence-electron chi connectivity index (χ1n) is 8.57. The molecule has 2 heterocycles. The quantitative estimate of drug-likeness (QED) is 0.446. The molecule has 1 N–H and O–H groups in total. The molecular weight excluding hydrogens is 362 g/mol. The number of anilines is 2. The molecule has 5 heteroatoms. The number of rotatable bonds is 5. The lowest BCUT2D eigenvalue weighted by molar-refractivity contribution is 1.000. The number of aryl methyl sites for hydroxylation is 1. The lowest BCUT2D eigenvalue weighted by Gasteiger charge is -2.09. The van der Waals surface area contributed by atoms with Gasteiger partial charge in [-0.25, -0.2) is 9.97 Å². The molecule has 0 bridgehead atoms. The van der Waals surface area contributed by atoms with E-state index in [0.717, 1.165) is 39.0 Å². The van der Waals surface area contributed by atoms with Crippen molar-refractivity contribution in [3.8, 4) is 0 Å². The first-order valence-corrected chi connectivity index (χ1v) is 9.76. The number of benzene rings is 2. The van der Waals surface area contributed by atoms with E-state index in [2.05, 4.69) is 30.4 Å². The van der Waals surface area contributed by atoms with Crippen molar-refractivity contribution >= 4 is 44.7 Å². The van der Waals surface area contributed by atoms with Gasteiger partial charge in [-0.05, 0) is 42.3 Å². The van der Waals surface area contributed by atoms with Gasteiger partial charge < -0.3 is 5.32 Å². The van der Waals surface area contributed by atoms with E-state index in [1.807, 2.05) is 42.5 Å². The second-order valence-corrected chi connectivity index (χ2v) is 7.62. The van der Waals surface area contributed by atoms with Gasteiger partial charge in [0.1, 0.15) is 16.5 Å². The zero-order chi connectivity index (χ0) is 17.9. The van der Waals surface area contributed by atoms with Crippen LogP contribution in [0.2, 0.25) is 5.02 Å². The van der Waals surface area contributed by atoms with E-state index < -0.39 is 0 Å². The molecule has 2 aromatic carbocycles. The van der Waals surface area contributed by atoms with E-state index in [1.54, 1.807) is 11.3 Å². The van der Waals surface area contributed by atoms with Gasteiger partial charge in [-0.2, -0.15) is 0 Å². The summed E-state index contributed by atoms with van der Waals surface area (Å²) >= 11 is 7.73. The van der Waals surface area contributed by atoms with Crippen molar-refractivity contribution in [1.82, 2.24) is 9.97 Å². The molecule has 0 saturated heterocycles.